The van der Waals surface area contributed by atoms with E-state index in [2.05, 4.69) is 12.2 Å². The van der Waals surface area contributed by atoms with Gasteiger partial charge in [0.2, 0.25) is 0 Å². The number of aryl methyl sites for hydroxylation is 1. The standard InChI is InChI=1S/C21H24ClN3O4/c1-13-6-8-24(9-7-13)18-5-4-15(11-19(18)25(27)28)21(26)23-17-10-14(2)16(22)12-20(17)29-3/h4-5,10-13H,6-9H2,1-3H3,(H,23,26). The zero-order chi connectivity index (χ0) is 21.1. The minimum absolute atomic E-state index is 0.0635. The number of methoxy groups -OCH3 is 1. The second-order valence-corrected chi connectivity index (χ2v) is 7.79. The fraction of sp³-hybridized carbons (Fsp3) is 0.381. The summed E-state index contributed by atoms with van der Waals surface area (Å²) in [6, 6.07) is 7.93. The minimum atomic E-state index is -0.452. The summed E-state index contributed by atoms with van der Waals surface area (Å²) in [5.41, 5.74) is 1.94. The average Bonchev–Trinajstić information content (AvgIpc) is 2.70. The third-order valence-electron chi connectivity index (χ3n) is 5.29. The van der Waals surface area contributed by atoms with Crippen LogP contribution in [0, 0.1) is 23.0 Å². The molecule has 0 bridgehead atoms. The Morgan fingerprint density at radius 1 is 1.28 bits per heavy atom. The summed E-state index contributed by atoms with van der Waals surface area (Å²) in [5.74, 6) is 0.586. The first-order valence-corrected chi connectivity index (χ1v) is 9.86. The van der Waals surface area contributed by atoms with Gasteiger partial charge in [0.15, 0.2) is 0 Å². The van der Waals surface area contributed by atoms with Gasteiger partial charge in [-0.05, 0) is 49.4 Å². The van der Waals surface area contributed by atoms with Crippen LogP contribution in [0.5, 0.6) is 5.75 Å². The Morgan fingerprint density at radius 2 is 1.97 bits per heavy atom. The van der Waals surface area contributed by atoms with E-state index in [0.717, 1.165) is 31.5 Å². The Bertz CT molecular complexity index is 940. The van der Waals surface area contributed by atoms with E-state index in [1.165, 1.54) is 13.2 Å². The first-order chi connectivity index (χ1) is 13.8. The molecule has 1 fully saturated rings. The molecular formula is C21H24ClN3O4. The van der Waals surface area contributed by atoms with Crippen molar-refractivity contribution in [3.63, 3.8) is 0 Å². The van der Waals surface area contributed by atoms with Crippen LogP contribution in [0.25, 0.3) is 0 Å². The average molecular weight is 418 g/mol. The SMILES string of the molecule is COc1cc(Cl)c(C)cc1NC(=O)c1ccc(N2CCC(C)CC2)c([N+](=O)[O-])c1. The Labute approximate surface area is 174 Å². The van der Waals surface area contributed by atoms with Crippen molar-refractivity contribution in [2.75, 3.05) is 30.4 Å². The van der Waals surface area contributed by atoms with Crippen molar-refractivity contribution in [2.45, 2.75) is 26.7 Å². The highest BCUT2D eigenvalue weighted by molar-refractivity contribution is 6.31. The van der Waals surface area contributed by atoms with E-state index in [1.807, 2.05) is 11.8 Å². The lowest BCUT2D eigenvalue weighted by Crippen LogP contribution is -2.33. The fourth-order valence-electron chi connectivity index (χ4n) is 3.45. The first kappa shape index (κ1) is 20.9. The molecule has 1 N–H and O–H groups in total. The summed E-state index contributed by atoms with van der Waals surface area (Å²) >= 11 is 6.10. The molecule has 2 aromatic carbocycles. The lowest BCUT2D eigenvalue weighted by Gasteiger charge is -2.31. The number of nitrogens with one attached hydrogen (secondary N) is 1. The van der Waals surface area contributed by atoms with Gasteiger partial charge < -0.3 is 15.0 Å². The van der Waals surface area contributed by atoms with Gasteiger partial charge in [0.25, 0.3) is 11.6 Å². The van der Waals surface area contributed by atoms with Gasteiger partial charge in [-0.25, -0.2) is 0 Å². The number of carbonyl (C=O) groups excluding carboxylic acids is 1. The molecule has 0 spiro atoms. The molecule has 0 radical (unpaired) electrons. The largest absolute Gasteiger partial charge is 0.495 e. The van der Waals surface area contributed by atoms with Gasteiger partial charge in [0, 0.05) is 35.8 Å². The quantitative estimate of drug-likeness (QED) is 0.543. The molecule has 2 aromatic rings. The number of nitrogens with zero attached hydrogens (tertiary/aromatic N) is 2. The van der Waals surface area contributed by atoms with E-state index in [0.29, 0.717) is 28.1 Å². The van der Waals surface area contributed by atoms with Crippen molar-refractivity contribution in [2.24, 2.45) is 5.92 Å². The molecule has 0 saturated carbocycles. The maximum absolute atomic E-state index is 12.7. The van der Waals surface area contributed by atoms with Crippen LogP contribution in [0.2, 0.25) is 5.02 Å². The van der Waals surface area contributed by atoms with Crippen LogP contribution >= 0.6 is 11.6 Å². The van der Waals surface area contributed by atoms with Gasteiger partial charge in [0.1, 0.15) is 11.4 Å². The molecule has 0 unspecified atom stereocenters. The third-order valence-corrected chi connectivity index (χ3v) is 5.69. The predicted molar refractivity (Wildman–Crippen MR) is 114 cm³/mol. The molecule has 1 saturated heterocycles. The summed E-state index contributed by atoms with van der Waals surface area (Å²) in [7, 11) is 1.48. The molecule has 1 amide bonds. The fourth-order valence-corrected chi connectivity index (χ4v) is 3.61. The number of hydrogen-bond donors (Lipinski definition) is 1. The van der Waals surface area contributed by atoms with Crippen molar-refractivity contribution in [1.82, 2.24) is 0 Å². The van der Waals surface area contributed by atoms with E-state index >= 15 is 0 Å². The van der Waals surface area contributed by atoms with E-state index in [-0.39, 0.29) is 11.3 Å². The van der Waals surface area contributed by atoms with Gasteiger partial charge in [-0.3, -0.25) is 14.9 Å². The van der Waals surface area contributed by atoms with Crippen molar-refractivity contribution < 1.29 is 14.5 Å². The molecule has 154 valence electrons. The lowest BCUT2D eigenvalue weighted by atomic mass is 9.98. The summed E-state index contributed by atoms with van der Waals surface area (Å²) < 4.78 is 5.27. The molecule has 8 heteroatoms. The number of rotatable bonds is 5. The number of amides is 1. The molecule has 3 rings (SSSR count). The first-order valence-electron chi connectivity index (χ1n) is 9.49. The van der Waals surface area contributed by atoms with Gasteiger partial charge in [-0.2, -0.15) is 0 Å². The second-order valence-electron chi connectivity index (χ2n) is 7.39. The molecule has 0 aromatic heterocycles. The monoisotopic (exact) mass is 417 g/mol. The highest BCUT2D eigenvalue weighted by Crippen LogP contribution is 2.34. The molecule has 0 aliphatic carbocycles. The number of nitro groups is 1. The summed E-state index contributed by atoms with van der Waals surface area (Å²) in [6.07, 6.45) is 1.99. The normalized spacial score (nSPS) is 14.6. The third kappa shape index (κ3) is 4.62. The maximum Gasteiger partial charge on any atom is 0.293 e. The molecule has 1 aliphatic heterocycles. The van der Waals surface area contributed by atoms with Gasteiger partial charge >= 0.3 is 0 Å². The Morgan fingerprint density at radius 3 is 2.59 bits per heavy atom. The Hall–Kier alpha value is -2.80. The summed E-state index contributed by atoms with van der Waals surface area (Å²) in [5, 5.41) is 14.9. The number of benzene rings is 2. The molecule has 1 aliphatic rings. The smallest absolute Gasteiger partial charge is 0.293 e. The van der Waals surface area contributed by atoms with Gasteiger partial charge in [-0.1, -0.05) is 18.5 Å². The number of anilines is 2. The van der Waals surface area contributed by atoms with Crippen molar-refractivity contribution in [3.8, 4) is 5.75 Å². The molecule has 0 atom stereocenters. The highest BCUT2D eigenvalue weighted by atomic mass is 35.5. The van der Waals surface area contributed by atoms with E-state index in [9.17, 15) is 14.9 Å². The minimum Gasteiger partial charge on any atom is -0.495 e. The molecule has 7 nitrogen and oxygen atoms in total. The van der Waals surface area contributed by atoms with Crippen molar-refractivity contribution in [3.05, 3.63) is 56.6 Å². The zero-order valence-electron chi connectivity index (χ0n) is 16.7. The zero-order valence-corrected chi connectivity index (χ0v) is 17.5. The lowest BCUT2D eigenvalue weighted by molar-refractivity contribution is -0.384. The molecule has 29 heavy (non-hydrogen) atoms. The topological polar surface area (TPSA) is 84.7 Å². The van der Waals surface area contributed by atoms with Crippen molar-refractivity contribution in [1.29, 1.82) is 0 Å². The van der Waals surface area contributed by atoms with Crippen LogP contribution in [0.15, 0.2) is 30.3 Å². The summed E-state index contributed by atoms with van der Waals surface area (Å²) in [6.45, 7) is 5.55. The van der Waals surface area contributed by atoms with Crippen molar-refractivity contribution >= 4 is 34.6 Å². The number of halogens is 1. The van der Waals surface area contributed by atoms with Crippen LogP contribution in [0.4, 0.5) is 17.1 Å². The summed E-state index contributed by atoms with van der Waals surface area (Å²) in [4.78, 5) is 26.0. The van der Waals surface area contributed by atoms with Crippen LogP contribution in [0.3, 0.4) is 0 Å². The van der Waals surface area contributed by atoms with Crippen LogP contribution in [-0.4, -0.2) is 31.0 Å². The number of ether oxygens (including phenoxy) is 1. The predicted octanol–water partition coefficient (Wildman–Crippen LogP) is 5.05. The maximum atomic E-state index is 12.7. The van der Waals surface area contributed by atoms with E-state index < -0.39 is 10.8 Å². The molecular weight excluding hydrogens is 394 g/mol. The van der Waals surface area contributed by atoms with Crippen LogP contribution in [0.1, 0.15) is 35.7 Å². The van der Waals surface area contributed by atoms with E-state index in [1.54, 1.807) is 24.3 Å². The highest BCUT2D eigenvalue weighted by Gasteiger charge is 2.25. The van der Waals surface area contributed by atoms with Gasteiger partial charge in [0.05, 0.1) is 17.7 Å². The van der Waals surface area contributed by atoms with Crippen LogP contribution in [-0.2, 0) is 0 Å². The molecule has 1 heterocycles. The Kier molecular flexibility index (Phi) is 6.27. The van der Waals surface area contributed by atoms with Gasteiger partial charge in [-0.15, -0.1) is 0 Å². The second kappa shape index (κ2) is 8.69. The van der Waals surface area contributed by atoms with E-state index in [4.69, 9.17) is 16.3 Å². The number of carbonyl (C=O) groups is 1. The number of piperidine rings is 1. The Balaban J connectivity index is 1.87. The number of hydrogen-bond acceptors (Lipinski definition) is 5. The van der Waals surface area contributed by atoms with Crippen LogP contribution < -0.4 is 15.0 Å². The number of nitro benzene ring substituents is 1.